The standard InChI is InChI=1S/C9H10N2O4/c1-10(9(12)15-2)7-3-5-8(6-4-7)11(13)14/h3-6H,1-2H3. The number of anilines is 1. The van der Waals surface area contributed by atoms with Crippen LogP contribution in [0.25, 0.3) is 0 Å². The Kier molecular flexibility index (Phi) is 3.22. The van der Waals surface area contributed by atoms with E-state index < -0.39 is 11.0 Å². The van der Waals surface area contributed by atoms with E-state index in [1.165, 1.54) is 43.3 Å². The molecule has 0 unspecified atom stereocenters. The molecule has 0 N–H and O–H groups in total. The van der Waals surface area contributed by atoms with E-state index in [0.29, 0.717) is 5.69 Å². The summed E-state index contributed by atoms with van der Waals surface area (Å²) in [6, 6.07) is 5.62. The number of hydrogen-bond acceptors (Lipinski definition) is 4. The molecule has 0 saturated carbocycles. The van der Waals surface area contributed by atoms with E-state index in [-0.39, 0.29) is 5.69 Å². The topological polar surface area (TPSA) is 72.7 Å². The SMILES string of the molecule is COC(=O)N(C)c1ccc([N+](=O)[O-])cc1. The van der Waals surface area contributed by atoms with E-state index in [1.807, 2.05) is 0 Å². The number of benzene rings is 1. The van der Waals surface area contributed by atoms with Gasteiger partial charge in [0.15, 0.2) is 0 Å². The zero-order valence-corrected chi connectivity index (χ0v) is 8.34. The van der Waals surface area contributed by atoms with Crippen molar-refractivity contribution in [2.45, 2.75) is 0 Å². The Morgan fingerprint density at radius 3 is 2.33 bits per heavy atom. The Morgan fingerprint density at radius 1 is 1.40 bits per heavy atom. The maximum Gasteiger partial charge on any atom is 0.413 e. The van der Waals surface area contributed by atoms with E-state index in [1.54, 1.807) is 0 Å². The zero-order chi connectivity index (χ0) is 11.4. The molecule has 0 bridgehead atoms. The van der Waals surface area contributed by atoms with Gasteiger partial charge in [-0.1, -0.05) is 0 Å². The molecule has 0 aromatic heterocycles. The van der Waals surface area contributed by atoms with Gasteiger partial charge in [-0.25, -0.2) is 4.79 Å². The van der Waals surface area contributed by atoms with Crippen molar-refractivity contribution in [3.8, 4) is 0 Å². The van der Waals surface area contributed by atoms with Crippen LogP contribution >= 0.6 is 0 Å². The van der Waals surface area contributed by atoms with Crippen molar-refractivity contribution < 1.29 is 14.5 Å². The molecule has 0 fully saturated rings. The van der Waals surface area contributed by atoms with Crippen molar-refractivity contribution in [1.29, 1.82) is 0 Å². The second-order valence-corrected chi connectivity index (χ2v) is 2.80. The molecule has 1 aromatic rings. The largest absolute Gasteiger partial charge is 0.452 e. The first-order chi connectivity index (χ1) is 7.06. The van der Waals surface area contributed by atoms with Crippen LogP contribution in [0.3, 0.4) is 0 Å². The third-order valence-corrected chi connectivity index (χ3v) is 1.90. The van der Waals surface area contributed by atoms with E-state index in [0.717, 1.165) is 0 Å². The van der Waals surface area contributed by atoms with E-state index in [2.05, 4.69) is 4.74 Å². The van der Waals surface area contributed by atoms with Crippen LogP contribution in [0.1, 0.15) is 0 Å². The molecule has 0 aliphatic rings. The molecule has 1 rings (SSSR count). The summed E-state index contributed by atoms with van der Waals surface area (Å²) < 4.78 is 4.50. The Hall–Kier alpha value is -2.11. The van der Waals surface area contributed by atoms with Gasteiger partial charge in [0.25, 0.3) is 5.69 Å². The smallest absolute Gasteiger partial charge is 0.413 e. The molecule has 0 heterocycles. The van der Waals surface area contributed by atoms with Crippen LogP contribution in [0.5, 0.6) is 0 Å². The van der Waals surface area contributed by atoms with Crippen molar-refractivity contribution in [2.24, 2.45) is 0 Å². The lowest BCUT2D eigenvalue weighted by Gasteiger charge is -2.14. The Bertz CT molecular complexity index is 374. The number of nitrogens with zero attached hydrogens (tertiary/aromatic N) is 2. The molecule has 80 valence electrons. The van der Waals surface area contributed by atoms with Crippen LogP contribution in [-0.4, -0.2) is 25.2 Å². The first-order valence-corrected chi connectivity index (χ1v) is 4.12. The van der Waals surface area contributed by atoms with Crippen LogP contribution in [0.2, 0.25) is 0 Å². The molecule has 0 aliphatic carbocycles. The Balaban J connectivity index is 2.89. The molecule has 0 spiro atoms. The first kappa shape index (κ1) is 11.0. The molecule has 6 nitrogen and oxygen atoms in total. The fourth-order valence-corrected chi connectivity index (χ4v) is 1.04. The normalized spacial score (nSPS) is 9.47. The highest BCUT2D eigenvalue weighted by molar-refractivity contribution is 5.86. The zero-order valence-electron chi connectivity index (χ0n) is 8.34. The molecular formula is C9H10N2O4. The second kappa shape index (κ2) is 4.41. The number of rotatable bonds is 2. The van der Waals surface area contributed by atoms with Crippen molar-refractivity contribution >= 4 is 17.5 Å². The van der Waals surface area contributed by atoms with Crippen LogP contribution < -0.4 is 4.90 Å². The lowest BCUT2D eigenvalue weighted by Crippen LogP contribution is -2.25. The molecule has 1 amide bonds. The van der Waals surface area contributed by atoms with Gasteiger partial charge < -0.3 is 4.74 Å². The molecule has 0 saturated heterocycles. The summed E-state index contributed by atoms with van der Waals surface area (Å²) >= 11 is 0. The minimum atomic E-state index is -0.524. The maximum atomic E-state index is 11.1. The number of carbonyl (C=O) groups is 1. The summed E-state index contributed by atoms with van der Waals surface area (Å²) in [4.78, 5) is 22.2. The summed E-state index contributed by atoms with van der Waals surface area (Å²) in [6.07, 6.45) is -0.524. The Labute approximate surface area is 86.2 Å². The van der Waals surface area contributed by atoms with Crippen molar-refractivity contribution in [3.05, 3.63) is 34.4 Å². The first-order valence-electron chi connectivity index (χ1n) is 4.12. The number of methoxy groups -OCH3 is 1. The van der Waals surface area contributed by atoms with Crippen LogP contribution in [-0.2, 0) is 4.74 Å². The minimum absolute atomic E-state index is 0.0167. The average molecular weight is 210 g/mol. The number of non-ortho nitro benzene ring substituents is 1. The predicted molar refractivity (Wildman–Crippen MR) is 53.9 cm³/mol. The van der Waals surface area contributed by atoms with Gasteiger partial charge in [0.1, 0.15) is 0 Å². The molecule has 0 aliphatic heterocycles. The average Bonchev–Trinajstić information content (AvgIpc) is 2.27. The monoisotopic (exact) mass is 210 g/mol. The highest BCUT2D eigenvalue weighted by atomic mass is 16.6. The summed E-state index contributed by atoms with van der Waals surface area (Å²) in [7, 11) is 2.79. The van der Waals surface area contributed by atoms with Gasteiger partial charge in [0.05, 0.1) is 12.0 Å². The summed E-state index contributed by atoms with van der Waals surface area (Å²) in [5.41, 5.74) is 0.518. The van der Waals surface area contributed by atoms with Gasteiger partial charge in [-0.2, -0.15) is 0 Å². The molecule has 6 heteroatoms. The molecule has 0 radical (unpaired) electrons. The van der Waals surface area contributed by atoms with Gasteiger partial charge in [-0.05, 0) is 12.1 Å². The summed E-state index contributed by atoms with van der Waals surface area (Å²) in [6.45, 7) is 0. The van der Waals surface area contributed by atoms with Gasteiger partial charge in [0.2, 0.25) is 0 Å². The van der Waals surface area contributed by atoms with Gasteiger partial charge in [0, 0.05) is 24.9 Å². The molecule has 15 heavy (non-hydrogen) atoms. The second-order valence-electron chi connectivity index (χ2n) is 2.80. The highest BCUT2D eigenvalue weighted by Crippen LogP contribution is 2.18. The number of amides is 1. The van der Waals surface area contributed by atoms with Crippen LogP contribution in [0.15, 0.2) is 24.3 Å². The maximum absolute atomic E-state index is 11.1. The number of ether oxygens (including phenoxy) is 1. The quantitative estimate of drug-likeness (QED) is 0.551. The van der Waals surface area contributed by atoms with Crippen molar-refractivity contribution in [2.75, 3.05) is 19.1 Å². The summed E-state index contributed by atoms with van der Waals surface area (Å²) in [5.74, 6) is 0. The predicted octanol–water partition coefficient (Wildman–Crippen LogP) is 1.80. The minimum Gasteiger partial charge on any atom is -0.452 e. The lowest BCUT2D eigenvalue weighted by molar-refractivity contribution is -0.384. The molecular weight excluding hydrogens is 200 g/mol. The third-order valence-electron chi connectivity index (χ3n) is 1.90. The van der Waals surface area contributed by atoms with Crippen molar-refractivity contribution in [1.82, 2.24) is 0 Å². The van der Waals surface area contributed by atoms with Crippen molar-refractivity contribution in [3.63, 3.8) is 0 Å². The number of hydrogen-bond donors (Lipinski definition) is 0. The van der Waals surface area contributed by atoms with Gasteiger partial charge in [-0.15, -0.1) is 0 Å². The van der Waals surface area contributed by atoms with Gasteiger partial charge >= 0.3 is 6.09 Å². The Morgan fingerprint density at radius 2 is 1.93 bits per heavy atom. The number of nitro groups is 1. The fourth-order valence-electron chi connectivity index (χ4n) is 1.04. The molecule has 1 aromatic carbocycles. The highest BCUT2D eigenvalue weighted by Gasteiger charge is 2.12. The van der Waals surface area contributed by atoms with E-state index >= 15 is 0 Å². The fraction of sp³-hybridized carbons (Fsp3) is 0.222. The van der Waals surface area contributed by atoms with E-state index in [4.69, 9.17) is 0 Å². The lowest BCUT2D eigenvalue weighted by atomic mass is 10.3. The molecule has 0 atom stereocenters. The summed E-state index contributed by atoms with van der Waals surface area (Å²) in [5, 5.41) is 10.4. The van der Waals surface area contributed by atoms with Crippen LogP contribution in [0.4, 0.5) is 16.2 Å². The number of carbonyl (C=O) groups excluding carboxylic acids is 1. The van der Waals surface area contributed by atoms with Crippen LogP contribution in [0, 0.1) is 10.1 Å². The van der Waals surface area contributed by atoms with E-state index in [9.17, 15) is 14.9 Å². The van der Waals surface area contributed by atoms with Gasteiger partial charge in [-0.3, -0.25) is 15.0 Å². The number of nitro benzene ring substituents is 1. The third kappa shape index (κ3) is 2.43.